The summed E-state index contributed by atoms with van der Waals surface area (Å²) in [6.45, 7) is 1.30. The zero-order valence-corrected chi connectivity index (χ0v) is 14.2. The van der Waals surface area contributed by atoms with Gasteiger partial charge in [0.25, 0.3) is 0 Å². The molecule has 19 heavy (non-hydrogen) atoms. The minimum Gasteiger partial charge on any atom is -0.383 e. The van der Waals surface area contributed by atoms with Crippen molar-refractivity contribution in [1.29, 1.82) is 0 Å². The number of aromatic nitrogens is 3. The molecule has 7 heteroatoms. The fraction of sp³-hybridized carbons (Fsp3) is 0.333. The van der Waals surface area contributed by atoms with Crippen LogP contribution in [0.2, 0.25) is 5.02 Å². The molecule has 0 aliphatic carbocycles. The summed E-state index contributed by atoms with van der Waals surface area (Å²) in [5.74, 6) is 1.65. The van der Waals surface area contributed by atoms with Gasteiger partial charge in [-0.05, 0) is 18.2 Å². The summed E-state index contributed by atoms with van der Waals surface area (Å²) in [5.41, 5.74) is 0.926. The van der Waals surface area contributed by atoms with Crippen LogP contribution in [0.15, 0.2) is 22.7 Å². The number of halogens is 3. The molecule has 102 valence electrons. The van der Waals surface area contributed by atoms with Gasteiger partial charge in [0, 0.05) is 28.7 Å². The summed E-state index contributed by atoms with van der Waals surface area (Å²) in [6, 6.07) is 5.68. The fourth-order valence-electron chi connectivity index (χ4n) is 1.75. The molecule has 4 nitrogen and oxygen atoms in total. The first-order chi connectivity index (χ1) is 9.15. The second-order valence-corrected chi connectivity index (χ2v) is 5.79. The monoisotopic (exact) mass is 407 g/mol. The summed E-state index contributed by atoms with van der Waals surface area (Å²) >= 11 is 12.9. The molecule has 2 rings (SSSR count). The Morgan fingerprint density at radius 2 is 2.11 bits per heavy atom. The fourth-order valence-corrected chi connectivity index (χ4v) is 3.02. The standard InChI is InChI=1S/C12H12Br2ClN3O/c1-19-3-2-18-11(7-13)16-17-12(18)8-4-9(14)6-10(15)5-8/h4-6H,2-3,7H2,1H3. The zero-order valence-electron chi connectivity index (χ0n) is 10.2. The van der Waals surface area contributed by atoms with Gasteiger partial charge in [0.15, 0.2) is 5.82 Å². The number of alkyl halides is 1. The van der Waals surface area contributed by atoms with Crippen LogP contribution in [-0.2, 0) is 16.6 Å². The van der Waals surface area contributed by atoms with Crippen molar-refractivity contribution >= 4 is 43.5 Å². The minimum atomic E-state index is 0.604. The number of ether oxygens (including phenoxy) is 1. The van der Waals surface area contributed by atoms with E-state index < -0.39 is 0 Å². The number of benzene rings is 1. The Balaban J connectivity index is 2.45. The topological polar surface area (TPSA) is 39.9 Å². The van der Waals surface area contributed by atoms with E-state index in [-0.39, 0.29) is 0 Å². The Hall–Kier alpha value is -0.430. The van der Waals surface area contributed by atoms with Crippen molar-refractivity contribution in [1.82, 2.24) is 14.8 Å². The molecular weight excluding hydrogens is 397 g/mol. The number of methoxy groups -OCH3 is 1. The molecule has 0 radical (unpaired) electrons. The highest BCUT2D eigenvalue weighted by Gasteiger charge is 2.13. The number of hydrogen-bond acceptors (Lipinski definition) is 3. The average Bonchev–Trinajstić information content (AvgIpc) is 2.77. The van der Waals surface area contributed by atoms with Gasteiger partial charge < -0.3 is 9.30 Å². The predicted octanol–water partition coefficient (Wildman–Crippen LogP) is 3.90. The lowest BCUT2D eigenvalue weighted by molar-refractivity contribution is 0.187. The molecule has 0 atom stereocenters. The number of hydrogen-bond donors (Lipinski definition) is 0. The molecule has 1 aromatic carbocycles. The molecule has 1 heterocycles. The molecule has 0 saturated carbocycles. The van der Waals surface area contributed by atoms with E-state index >= 15 is 0 Å². The molecule has 0 fully saturated rings. The van der Waals surface area contributed by atoms with Gasteiger partial charge in [0.1, 0.15) is 5.82 Å². The summed E-state index contributed by atoms with van der Waals surface area (Å²) < 4.78 is 8.06. The van der Waals surface area contributed by atoms with Crippen LogP contribution in [0.1, 0.15) is 5.82 Å². The quantitative estimate of drug-likeness (QED) is 0.703. The second-order valence-electron chi connectivity index (χ2n) is 3.88. The van der Waals surface area contributed by atoms with E-state index in [1.165, 1.54) is 0 Å². The van der Waals surface area contributed by atoms with Gasteiger partial charge in [-0.1, -0.05) is 43.5 Å². The Morgan fingerprint density at radius 3 is 2.74 bits per heavy atom. The van der Waals surface area contributed by atoms with Crippen LogP contribution in [0, 0.1) is 0 Å². The van der Waals surface area contributed by atoms with Gasteiger partial charge in [0.2, 0.25) is 0 Å². The summed E-state index contributed by atoms with van der Waals surface area (Å²) in [6.07, 6.45) is 0. The van der Waals surface area contributed by atoms with Gasteiger partial charge in [-0.15, -0.1) is 10.2 Å². The van der Waals surface area contributed by atoms with Crippen LogP contribution in [0.25, 0.3) is 11.4 Å². The highest BCUT2D eigenvalue weighted by Crippen LogP contribution is 2.27. The lowest BCUT2D eigenvalue weighted by atomic mass is 10.2. The first-order valence-corrected chi connectivity index (χ1v) is 7.88. The summed E-state index contributed by atoms with van der Waals surface area (Å²) in [5, 5.41) is 9.72. The van der Waals surface area contributed by atoms with E-state index in [9.17, 15) is 0 Å². The van der Waals surface area contributed by atoms with Crippen LogP contribution in [0.4, 0.5) is 0 Å². The predicted molar refractivity (Wildman–Crippen MR) is 82.7 cm³/mol. The molecule has 0 bridgehead atoms. The molecule has 0 aliphatic rings. The van der Waals surface area contributed by atoms with Crippen molar-refractivity contribution in [2.45, 2.75) is 11.9 Å². The molecule has 0 spiro atoms. The lowest BCUT2D eigenvalue weighted by Gasteiger charge is -2.09. The molecule has 1 aromatic heterocycles. The maximum atomic E-state index is 6.08. The van der Waals surface area contributed by atoms with Crippen LogP contribution >= 0.6 is 43.5 Å². The lowest BCUT2D eigenvalue weighted by Crippen LogP contribution is -2.09. The molecular formula is C12H12Br2ClN3O. The first kappa shape index (κ1) is 15.0. The molecule has 0 aliphatic heterocycles. The summed E-state index contributed by atoms with van der Waals surface area (Å²) in [4.78, 5) is 0. The third-order valence-corrected chi connectivity index (χ3v) is 3.76. The van der Waals surface area contributed by atoms with Gasteiger partial charge in [-0.2, -0.15) is 0 Å². The van der Waals surface area contributed by atoms with Crippen LogP contribution in [0.5, 0.6) is 0 Å². The summed E-state index contributed by atoms with van der Waals surface area (Å²) in [7, 11) is 1.67. The smallest absolute Gasteiger partial charge is 0.164 e. The molecule has 0 N–H and O–H groups in total. The maximum absolute atomic E-state index is 6.08. The van der Waals surface area contributed by atoms with Crippen molar-refractivity contribution in [2.24, 2.45) is 0 Å². The van der Waals surface area contributed by atoms with Crippen molar-refractivity contribution in [3.63, 3.8) is 0 Å². The van der Waals surface area contributed by atoms with Gasteiger partial charge in [-0.25, -0.2) is 0 Å². The Kier molecular flexibility index (Phi) is 5.38. The Labute approximate surface area is 133 Å². The van der Waals surface area contributed by atoms with Crippen LogP contribution in [0.3, 0.4) is 0 Å². The number of nitrogens with zero attached hydrogens (tertiary/aromatic N) is 3. The van der Waals surface area contributed by atoms with Crippen molar-refractivity contribution < 1.29 is 4.74 Å². The van der Waals surface area contributed by atoms with Crippen molar-refractivity contribution in [2.75, 3.05) is 13.7 Å². The van der Waals surface area contributed by atoms with E-state index in [4.69, 9.17) is 16.3 Å². The SMILES string of the molecule is COCCn1c(CBr)nnc1-c1cc(Cl)cc(Br)c1. The van der Waals surface area contributed by atoms with Crippen LogP contribution < -0.4 is 0 Å². The van der Waals surface area contributed by atoms with E-state index in [2.05, 4.69) is 42.1 Å². The minimum absolute atomic E-state index is 0.604. The van der Waals surface area contributed by atoms with Crippen LogP contribution in [-0.4, -0.2) is 28.5 Å². The largest absolute Gasteiger partial charge is 0.383 e. The third kappa shape index (κ3) is 3.56. The van der Waals surface area contributed by atoms with Gasteiger partial charge in [-0.3, -0.25) is 0 Å². The van der Waals surface area contributed by atoms with Gasteiger partial charge in [0.05, 0.1) is 11.9 Å². The van der Waals surface area contributed by atoms with E-state index in [0.29, 0.717) is 23.5 Å². The molecule has 2 aromatic rings. The third-order valence-electron chi connectivity index (χ3n) is 2.59. The van der Waals surface area contributed by atoms with Crippen molar-refractivity contribution in [3.8, 4) is 11.4 Å². The van der Waals surface area contributed by atoms with E-state index in [0.717, 1.165) is 21.7 Å². The second kappa shape index (κ2) is 6.83. The zero-order chi connectivity index (χ0) is 13.8. The number of rotatable bonds is 5. The average molecular weight is 410 g/mol. The Bertz CT molecular complexity index is 554. The van der Waals surface area contributed by atoms with E-state index in [1.54, 1.807) is 7.11 Å². The first-order valence-electron chi connectivity index (χ1n) is 5.59. The maximum Gasteiger partial charge on any atom is 0.164 e. The molecule has 0 saturated heterocycles. The highest BCUT2D eigenvalue weighted by molar-refractivity contribution is 9.10. The normalized spacial score (nSPS) is 10.9. The molecule has 0 amide bonds. The highest BCUT2D eigenvalue weighted by atomic mass is 79.9. The molecule has 0 unspecified atom stereocenters. The van der Waals surface area contributed by atoms with Crippen molar-refractivity contribution in [3.05, 3.63) is 33.5 Å². The van der Waals surface area contributed by atoms with Gasteiger partial charge >= 0.3 is 0 Å². The Morgan fingerprint density at radius 1 is 1.32 bits per heavy atom. The van der Waals surface area contributed by atoms with E-state index in [1.807, 2.05) is 22.8 Å².